The molecule has 0 amide bonds. The molecule has 0 saturated heterocycles. The first-order chi connectivity index (χ1) is 7.83. The summed E-state index contributed by atoms with van der Waals surface area (Å²) in [5.74, 6) is 0.710. The van der Waals surface area contributed by atoms with Crippen LogP contribution >= 0.6 is 0 Å². The highest BCUT2D eigenvalue weighted by Gasteiger charge is 2.13. The van der Waals surface area contributed by atoms with E-state index in [4.69, 9.17) is 4.74 Å². The van der Waals surface area contributed by atoms with Crippen molar-refractivity contribution in [3.63, 3.8) is 0 Å². The number of ether oxygens (including phenoxy) is 1. The fourth-order valence-electron chi connectivity index (χ4n) is 1.85. The van der Waals surface area contributed by atoms with Crippen LogP contribution in [0.1, 0.15) is 5.82 Å². The molecule has 0 spiro atoms. The van der Waals surface area contributed by atoms with E-state index in [1.807, 2.05) is 6.20 Å². The monoisotopic (exact) mass is 218 g/mol. The molecule has 0 bridgehead atoms. The lowest BCUT2D eigenvalue weighted by Gasteiger charge is -2.13. The first kappa shape index (κ1) is 9.54. The SMILES string of the molecule is Fc1ccc(-c2cn3c(n2)COCC3)cc1. The maximum Gasteiger partial charge on any atom is 0.135 e. The van der Waals surface area contributed by atoms with Crippen molar-refractivity contribution in [2.24, 2.45) is 0 Å². The topological polar surface area (TPSA) is 27.1 Å². The molecule has 1 aromatic carbocycles. The molecule has 82 valence electrons. The summed E-state index contributed by atoms with van der Waals surface area (Å²) in [5.41, 5.74) is 1.81. The van der Waals surface area contributed by atoms with E-state index in [-0.39, 0.29) is 5.82 Å². The van der Waals surface area contributed by atoms with Gasteiger partial charge in [0.2, 0.25) is 0 Å². The molecular weight excluding hydrogens is 207 g/mol. The van der Waals surface area contributed by atoms with Gasteiger partial charge in [-0.15, -0.1) is 0 Å². The fraction of sp³-hybridized carbons (Fsp3) is 0.250. The maximum absolute atomic E-state index is 12.8. The molecule has 16 heavy (non-hydrogen) atoms. The summed E-state index contributed by atoms with van der Waals surface area (Å²) >= 11 is 0. The van der Waals surface area contributed by atoms with Gasteiger partial charge in [-0.25, -0.2) is 9.37 Å². The molecule has 0 aliphatic carbocycles. The number of rotatable bonds is 1. The number of halogens is 1. The van der Waals surface area contributed by atoms with E-state index < -0.39 is 0 Å². The lowest BCUT2D eigenvalue weighted by molar-refractivity contribution is 0.0816. The van der Waals surface area contributed by atoms with Crippen LogP contribution in [-0.2, 0) is 17.9 Å². The molecule has 2 aromatic rings. The van der Waals surface area contributed by atoms with Gasteiger partial charge in [0, 0.05) is 18.3 Å². The van der Waals surface area contributed by atoms with Gasteiger partial charge in [0.25, 0.3) is 0 Å². The van der Waals surface area contributed by atoms with Crippen LogP contribution in [0.4, 0.5) is 4.39 Å². The van der Waals surface area contributed by atoms with Gasteiger partial charge in [-0.3, -0.25) is 0 Å². The van der Waals surface area contributed by atoms with Crippen LogP contribution in [0.25, 0.3) is 11.3 Å². The summed E-state index contributed by atoms with van der Waals surface area (Å²) in [7, 11) is 0. The fourth-order valence-corrected chi connectivity index (χ4v) is 1.85. The Morgan fingerprint density at radius 3 is 2.81 bits per heavy atom. The van der Waals surface area contributed by atoms with Crippen molar-refractivity contribution in [3.8, 4) is 11.3 Å². The van der Waals surface area contributed by atoms with Crippen LogP contribution in [0.15, 0.2) is 30.5 Å². The average Bonchev–Trinajstić information content (AvgIpc) is 2.73. The minimum Gasteiger partial charge on any atom is -0.372 e. The Labute approximate surface area is 92.5 Å². The second-order valence-corrected chi connectivity index (χ2v) is 3.80. The molecular formula is C12H11FN2O. The highest BCUT2D eigenvalue weighted by Crippen LogP contribution is 2.20. The van der Waals surface area contributed by atoms with E-state index in [1.54, 1.807) is 12.1 Å². The Morgan fingerprint density at radius 2 is 2.06 bits per heavy atom. The summed E-state index contributed by atoms with van der Waals surface area (Å²) in [5, 5.41) is 0. The lowest BCUT2D eigenvalue weighted by Crippen LogP contribution is -2.15. The second-order valence-electron chi connectivity index (χ2n) is 3.80. The predicted molar refractivity (Wildman–Crippen MR) is 57.3 cm³/mol. The molecule has 1 aliphatic heterocycles. The van der Waals surface area contributed by atoms with Crippen LogP contribution in [0.3, 0.4) is 0 Å². The van der Waals surface area contributed by atoms with E-state index >= 15 is 0 Å². The minimum absolute atomic E-state index is 0.226. The van der Waals surface area contributed by atoms with Crippen molar-refractivity contribution >= 4 is 0 Å². The largest absolute Gasteiger partial charge is 0.372 e. The first-order valence-electron chi connectivity index (χ1n) is 5.23. The van der Waals surface area contributed by atoms with Crippen molar-refractivity contribution in [2.75, 3.05) is 6.61 Å². The van der Waals surface area contributed by atoms with Gasteiger partial charge in [0.05, 0.1) is 12.3 Å². The number of aromatic nitrogens is 2. The van der Waals surface area contributed by atoms with Gasteiger partial charge < -0.3 is 9.30 Å². The average molecular weight is 218 g/mol. The second kappa shape index (κ2) is 3.72. The van der Waals surface area contributed by atoms with Crippen LogP contribution in [0.5, 0.6) is 0 Å². The molecule has 0 unspecified atom stereocenters. The standard InChI is InChI=1S/C12H11FN2O/c13-10-3-1-9(2-4-10)11-7-15-5-6-16-8-12(15)14-11/h1-4,7H,5-6,8H2. The molecule has 3 rings (SSSR count). The number of nitrogens with zero attached hydrogens (tertiary/aromatic N) is 2. The van der Waals surface area contributed by atoms with Crippen LogP contribution < -0.4 is 0 Å². The van der Waals surface area contributed by atoms with Crippen molar-refractivity contribution in [3.05, 3.63) is 42.1 Å². The summed E-state index contributed by atoms with van der Waals surface area (Å²) in [6, 6.07) is 6.38. The normalized spacial score (nSPS) is 14.8. The molecule has 0 atom stereocenters. The van der Waals surface area contributed by atoms with E-state index in [0.717, 1.165) is 30.2 Å². The van der Waals surface area contributed by atoms with Crippen molar-refractivity contribution < 1.29 is 9.13 Å². The van der Waals surface area contributed by atoms with Crippen molar-refractivity contribution in [2.45, 2.75) is 13.2 Å². The zero-order valence-electron chi connectivity index (χ0n) is 8.69. The van der Waals surface area contributed by atoms with E-state index in [2.05, 4.69) is 9.55 Å². The Kier molecular flexibility index (Phi) is 2.22. The molecule has 0 radical (unpaired) electrons. The van der Waals surface area contributed by atoms with Gasteiger partial charge >= 0.3 is 0 Å². The Bertz CT molecular complexity index is 481. The van der Waals surface area contributed by atoms with Gasteiger partial charge in [-0.1, -0.05) is 0 Å². The Balaban J connectivity index is 2.00. The summed E-state index contributed by atoms with van der Waals surface area (Å²) in [6.07, 6.45) is 1.99. The Morgan fingerprint density at radius 1 is 1.25 bits per heavy atom. The van der Waals surface area contributed by atoms with Gasteiger partial charge in [0.15, 0.2) is 0 Å². The van der Waals surface area contributed by atoms with Crippen LogP contribution in [-0.4, -0.2) is 16.2 Å². The first-order valence-corrected chi connectivity index (χ1v) is 5.23. The molecule has 1 aliphatic rings. The maximum atomic E-state index is 12.8. The summed E-state index contributed by atoms with van der Waals surface area (Å²) in [6.45, 7) is 2.12. The summed E-state index contributed by atoms with van der Waals surface area (Å²) in [4.78, 5) is 4.47. The minimum atomic E-state index is -0.226. The van der Waals surface area contributed by atoms with E-state index in [9.17, 15) is 4.39 Å². The predicted octanol–water partition coefficient (Wildman–Crippen LogP) is 2.22. The third-order valence-electron chi connectivity index (χ3n) is 2.71. The molecule has 0 saturated carbocycles. The third kappa shape index (κ3) is 1.61. The molecule has 0 fully saturated rings. The molecule has 2 heterocycles. The van der Waals surface area contributed by atoms with E-state index in [0.29, 0.717) is 6.61 Å². The van der Waals surface area contributed by atoms with Gasteiger partial charge in [0.1, 0.15) is 18.2 Å². The molecule has 1 aromatic heterocycles. The molecule has 0 N–H and O–H groups in total. The van der Waals surface area contributed by atoms with Crippen LogP contribution in [0, 0.1) is 5.82 Å². The molecule has 3 nitrogen and oxygen atoms in total. The number of hydrogen-bond donors (Lipinski definition) is 0. The van der Waals surface area contributed by atoms with Crippen molar-refractivity contribution in [1.29, 1.82) is 0 Å². The zero-order chi connectivity index (χ0) is 11.0. The Hall–Kier alpha value is -1.68. The summed E-state index contributed by atoms with van der Waals surface area (Å²) < 4.78 is 20.2. The van der Waals surface area contributed by atoms with Gasteiger partial charge in [-0.05, 0) is 24.3 Å². The quantitative estimate of drug-likeness (QED) is 0.733. The van der Waals surface area contributed by atoms with Crippen LogP contribution in [0.2, 0.25) is 0 Å². The highest BCUT2D eigenvalue weighted by atomic mass is 19.1. The smallest absolute Gasteiger partial charge is 0.135 e. The number of imidazole rings is 1. The molecule has 4 heteroatoms. The van der Waals surface area contributed by atoms with Gasteiger partial charge in [-0.2, -0.15) is 0 Å². The van der Waals surface area contributed by atoms with E-state index in [1.165, 1.54) is 12.1 Å². The van der Waals surface area contributed by atoms with Crippen molar-refractivity contribution in [1.82, 2.24) is 9.55 Å². The number of benzene rings is 1. The highest BCUT2D eigenvalue weighted by molar-refractivity contribution is 5.58. The number of hydrogen-bond acceptors (Lipinski definition) is 2. The third-order valence-corrected chi connectivity index (χ3v) is 2.71. The zero-order valence-corrected chi connectivity index (χ0v) is 8.69. The lowest BCUT2D eigenvalue weighted by atomic mass is 10.2. The number of fused-ring (bicyclic) bond motifs is 1.